The zero-order valence-electron chi connectivity index (χ0n) is 15.5. The van der Waals surface area contributed by atoms with E-state index in [9.17, 15) is 9.18 Å². The van der Waals surface area contributed by atoms with Crippen LogP contribution in [-0.2, 0) is 6.54 Å². The summed E-state index contributed by atoms with van der Waals surface area (Å²) in [5.41, 5.74) is 2.42. The molecule has 0 saturated carbocycles. The van der Waals surface area contributed by atoms with Crippen LogP contribution in [0, 0.1) is 11.7 Å². The molecule has 0 aliphatic carbocycles. The maximum Gasteiger partial charge on any atom is 0.270 e. The number of aromatic amines is 1. The first-order valence-electron chi connectivity index (χ1n) is 9.39. The van der Waals surface area contributed by atoms with Gasteiger partial charge in [0.25, 0.3) is 5.91 Å². The highest BCUT2D eigenvalue weighted by Gasteiger charge is 2.26. The largest absolute Gasteiger partial charge is 0.350 e. The second-order valence-electron chi connectivity index (χ2n) is 7.45. The van der Waals surface area contributed by atoms with Crippen LogP contribution in [0.4, 0.5) is 4.39 Å². The summed E-state index contributed by atoms with van der Waals surface area (Å²) < 4.78 is 13.9. The van der Waals surface area contributed by atoms with E-state index in [1.807, 2.05) is 13.1 Å². The third-order valence-electron chi connectivity index (χ3n) is 5.34. The Morgan fingerprint density at radius 1 is 1.22 bits per heavy atom. The molecule has 1 aromatic heterocycles. The van der Waals surface area contributed by atoms with Crippen molar-refractivity contribution in [3.05, 3.63) is 71.7 Å². The third-order valence-corrected chi connectivity index (χ3v) is 5.34. The van der Waals surface area contributed by atoms with Gasteiger partial charge in [-0.05, 0) is 42.6 Å². The molecule has 1 saturated heterocycles. The lowest BCUT2D eigenvalue weighted by Gasteiger charge is -2.21. The average molecular weight is 365 g/mol. The lowest BCUT2D eigenvalue weighted by Crippen LogP contribution is -2.33. The molecule has 2 heterocycles. The zero-order chi connectivity index (χ0) is 18.8. The predicted molar refractivity (Wildman–Crippen MR) is 105 cm³/mol. The highest BCUT2D eigenvalue weighted by atomic mass is 19.1. The quantitative estimate of drug-likeness (QED) is 0.745. The van der Waals surface area contributed by atoms with Crippen LogP contribution in [0.5, 0.6) is 0 Å². The normalized spacial score (nSPS) is 17.5. The highest BCUT2D eigenvalue weighted by molar-refractivity contribution is 5.98. The van der Waals surface area contributed by atoms with Crippen molar-refractivity contribution in [3.8, 4) is 0 Å². The van der Waals surface area contributed by atoms with Crippen LogP contribution in [0.2, 0.25) is 0 Å². The van der Waals surface area contributed by atoms with Crippen LogP contribution >= 0.6 is 0 Å². The molecule has 0 spiro atoms. The molecule has 1 N–H and O–H groups in total. The van der Waals surface area contributed by atoms with Crippen molar-refractivity contribution in [1.29, 1.82) is 0 Å². The number of nitrogens with zero attached hydrogens (tertiary/aromatic N) is 2. The van der Waals surface area contributed by atoms with Crippen LogP contribution in [-0.4, -0.2) is 47.4 Å². The van der Waals surface area contributed by atoms with Crippen molar-refractivity contribution in [3.63, 3.8) is 0 Å². The summed E-state index contributed by atoms with van der Waals surface area (Å²) in [5.74, 6) is 0.0636. The fourth-order valence-electron chi connectivity index (χ4n) is 3.96. The standard InChI is InChI=1S/C22H24FN3O/c1-25(22(27)21-12-18-19(23)8-5-9-20(18)24-21)13-17-10-11-26(15-17)14-16-6-3-2-4-7-16/h2-9,12,17,24H,10-11,13-15H2,1H3/t17-/m1/s1. The van der Waals surface area contributed by atoms with Gasteiger partial charge in [-0.3, -0.25) is 9.69 Å². The molecular formula is C22H24FN3O. The number of carbonyl (C=O) groups is 1. The molecule has 0 unspecified atom stereocenters. The SMILES string of the molecule is CN(C[C@H]1CCN(Cc2ccccc2)C1)C(=O)c1cc2c(F)cccc2[nH]1. The Hall–Kier alpha value is -2.66. The molecule has 1 aliphatic heterocycles. The molecule has 27 heavy (non-hydrogen) atoms. The second-order valence-corrected chi connectivity index (χ2v) is 7.45. The molecular weight excluding hydrogens is 341 g/mol. The van der Waals surface area contributed by atoms with E-state index < -0.39 is 0 Å². The number of hydrogen-bond donors (Lipinski definition) is 1. The fraction of sp³-hybridized carbons (Fsp3) is 0.318. The number of aromatic nitrogens is 1. The van der Waals surface area contributed by atoms with Crippen LogP contribution in [0.3, 0.4) is 0 Å². The number of halogens is 1. The molecule has 0 radical (unpaired) electrons. The number of likely N-dealkylation sites (tertiary alicyclic amines) is 1. The van der Waals surface area contributed by atoms with E-state index in [0.29, 0.717) is 29.1 Å². The molecule has 0 bridgehead atoms. The van der Waals surface area contributed by atoms with Gasteiger partial charge in [0.15, 0.2) is 0 Å². The van der Waals surface area contributed by atoms with Gasteiger partial charge in [0.05, 0.1) is 0 Å². The van der Waals surface area contributed by atoms with Gasteiger partial charge in [0.1, 0.15) is 11.5 Å². The summed E-state index contributed by atoms with van der Waals surface area (Å²) in [5, 5.41) is 0.462. The first-order valence-corrected chi connectivity index (χ1v) is 9.39. The summed E-state index contributed by atoms with van der Waals surface area (Å²) >= 11 is 0. The molecule has 2 aromatic carbocycles. The Kier molecular flexibility index (Phi) is 4.94. The number of carbonyl (C=O) groups excluding carboxylic acids is 1. The van der Waals surface area contributed by atoms with E-state index >= 15 is 0 Å². The molecule has 3 aromatic rings. The number of H-pyrrole nitrogens is 1. The first kappa shape index (κ1) is 17.7. The Balaban J connectivity index is 1.36. The lowest BCUT2D eigenvalue weighted by molar-refractivity contribution is 0.0768. The number of fused-ring (bicyclic) bond motifs is 1. The second kappa shape index (κ2) is 7.53. The Labute approximate surface area is 158 Å². The number of nitrogens with one attached hydrogen (secondary N) is 1. The molecule has 140 valence electrons. The van der Waals surface area contributed by atoms with Crippen molar-refractivity contribution in [2.75, 3.05) is 26.7 Å². The maximum absolute atomic E-state index is 13.9. The van der Waals surface area contributed by atoms with Crippen LogP contribution in [0.15, 0.2) is 54.6 Å². The van der Waals surface area contributed by atoms with Crippen molar-refractivity contribution in [1.82, 2.24) is 14.8 Å². The monoisotopic (exact) mass is 365 g/mol. The summed E-state index contributed by atoms with van der Waals surface area (Å²) in [6.45, 7) is 3.71. The molecule has 4 nitrogen and oxygen atoms in total. The average Bonchev–Trinajstić information content (AvgIpc) is 3.29. The minimum absolute atomic E-state index is 0.0906. The van der Waals surface area contributed by atoms with Gasteiger partial charge in [-0.1, -0.05) is 36.4 Å². The Morgan fingerprint density at radius 3 is 2.81 bits per heavy atom. The lowest BCUT2D eigenvalue weighted by atomic mass is 10.1. The van der Waals surface area contributed by atoms with E-state index in [1.54, 1.807) is 23.1 Å². The van der Waals surface area contributed by atoms with E-state index in [1.165, 1.54) is 11.6 Å². The van der Waals surface area contributed by atoms with Crippen molar-refractivity contribution < 1.29 is 9.18 Å². The highest BCUT2D eigenvalue weighted by Crippen LogP contribution is 2.22. The molecule has 1 fully saturated rings. The van der Waals surface area contributed by atoms with Crippen molar-refractivity contribution in [2.24, 2.45) is 5.92 Å². The van der Waals surface area contributed by atoms with Gasteiger partial charge in [-0.2, -0.15) is 0 Å². The van der Waals surface area contributed by atoms with E-state index in [4.69, 9.17) is 0 Å². The van der Waals surface area contributed by atoms with E-state index in [0.717, 1.165) is 26.1 Å². The first-order chi connectivity index (χ1) is 13.1. The molecule has 5 heteroatoms. The van der Waals surface area contributed by atoms with E-state index in [-0.39, 0.29) is 11.7 Å². The zero-order valence-corrected chi connectivity index (χ0v) is 15.5. The molecule has 1 atom stereocenters. The summed E-state index contributed by atoms with van der Waals surface area (Å²) in [7, 11) is 1.82. The smallest absolute Gasteiger partial charge is 0.270 e. The van der Waals surface area contributed by atoms with Crippen LogP contribution in [0.25, 0.3) is 10.9 Å². The predicted octanol–water partition coefficient (Wildman–Crippen LogP) is 3.90. The third kappa shape index (κ3) is 3.88. The summed E-state index contributed by atoms with van der Waals surface area (Å²) in [4.78, 5) is 20.0. The minimum atomic E-state index is -0.308. The number of hydrogen-bond acceptors (Lipinski definition) is 2. The minimum Gasteiger partial charge on any atom is -0.350 e. The topological polar surface area (TPSA) is 39.3 Å². The summed E-state index contributed by atoms with van der Waals surface area (Å²) in [6, 6.07) is 16.9. The van der Waals surface area contributed by atoms with Gasteiger partial charge >= 0.3 is 0 Å². The van der Waals surface area contributed by atoms with Gasteiger partial charge in [-0.25, -0.2) is 4.39 Å². The van der Waals surface area contributed by atoms with Gasteiger partial charge in [0, 0.05) is 37.6 Å². The Bertz CT molecular complexity index is 937. The number of amides is 1. The number of benzene rings is 2. The van der Waals surface area contributed by atoms with Crippen LogP contribution in [0.1, 0.15) is 22.5 Å². The van der Waals surface area contributed by atoms with Gasteiger partial charge in [-0.15, -0.1) is 0 Å². The number of rotatable bonds is 5. The van der Waals surface area contributed by atoms with E-state index in [2.05, 4.69) is 34.1 Å². The van der Waals surface area contributed by atoms with Gasteiger partial charge in [0.2, 0.25) is 0 Å². The molecule has 4 rings (SSSR count). The van der Waals surface area contributed by atoms with Crippen molar-refractivity contribution in [2.45, 2.75) is 13.0 Å². The summed E-state index contributed by atoms with van der Waals surface area (Å²) in [6.07, 6.45) is 1.09. The molecule has 1 amide bonds. The van der Waals surface area contributed by atoms with Gasteiger partial charge < -0.3 is 9.88 Å². The fourth-order valence-corrected chi connectivity index (χ4v) is 3.96. The van der Waals surface area contributed by atoms with Crippen LogP contribution < -0.4 is 0 Å². The maximum atomic E-state index is 13.9. The van der Waals surface area contributed by atoms with Crippen molar-refractivity contribution >= 4 is 16.8 Å². The Morgan fingerprint density at radius 2 is 2.04 bits per heavy atom. The molecule has 1 aliphatic rings.